The van der Waals surface area contributed by atoms with E-state index in [9.17, 15) is 4.79 Å². The minimum Gasteiger partial charge on any atom is -0.479 e. The van der Waals surface area contributed by atoms with Crippen LogP contribution in [0.25, 0.3) is 22.6 Å². The van der Waals surface area contributed by atoms with E-state index >= 15 is 0 Å². The van der Waals surface area contributed by atoms with Gasteiger partial charge in [0.25, 0.3) is 5.91 Å². The zero-order valence-electron chi connectivity index (χ0n) is 16.0. The van der Waals surface area contributed by atoms with Crippen molar-refractivity contribution in [2.45, 2.75) is 13.0 Å². The number of carbonyl (C=O) groups excluding carboxylic acids is 1. The molecule has 1 unspecified atom stereocenters. The highest BCUT2D eigenvalue weighted by Gasteiger charge is 2.17. The summed E-state index contributed by atoms with van der Waals surface area (Å²) in [6.07, 6.45) is -0.793. The Morgan fingerprint density at radius 2 is 1.77 bits per heavy atom. The summed E-state index contributed by atoms with van der Waals surface area (Å²) in [5.41, 5.74) is 2.38. The van der Waals surface area contributed by atoms with Crippen molar-refractivity contribution in [3.63, 3.8) is 0 Å². The van der Waals surface area contributed by atoms with Gasteiger partial charge in [-0.25, -0.2) is 4.98 Å². The van der Waals surface area contributed by atoms with Crippen LogP contribution in [0.2, 0.25) is 20.1 Å². The van der Waals surface area contributed by atoms with Gasteiger partial charge in [-0.15, -0.1) is 0 Å². The van der Waals surface area contributed by atoms with Gasteiger partial charge < -0.3 is 14.5 Å². The Balaban J connectivity index is 1.50. The van der Waals surface area contributed by atoms with E-state index in [-0.39, 0.29) is 5.91 Å². The van der Waals surface area contributed by atoms with Crippen LogP contribution in [-0.2, 0) is 4.79 Å². The van der Waals surface area contributed by atoms with Gasteiger partial charge in [0, 0.05) is 16.3 Å². The highest BCUT2D eigenvalue weighted by Crippen LogP contribution is 2.31. The van der Waals surface area contributed by atoms with Gasteiger partial charge in [0.2, 0.25) is 5.89 Å². The average Bonchev–Trinajstić information content (AvgIpc) is 3.15. The summed E-state index contributed by atoms with van der Waals surface area (Å²) in [7, 11) is 0. The van der Waals surface area contributed by atoms with Crippen LogP contribution < -0.4 is 10.1 Å². The lowest BCUT2D eigenvalue weighted by Crippen LogP contribution is -2.30. The first kappa shape index (κ1) is 21.8. The fourth-order valence-corrected chi connectivity index (χ4v) is 3.57. The fourth-order valence-electron chi connectivity index (χ4n) is 2.82. The van der Waals surface area contributed by atoms with Crippen LogP contribution in [0.3, 0.4) is 0 Å². The molecule has 4 aromatic rings. The summed E-state index contributed by atoms with van der Waals surface area (Å²) >= 11 is 24.0. The van der Waals surface area contributed by atoms with Crippen LogP contribution in [0.4, 0.5) is 5.69 Å². The molecule has 1 amide bonds. The summed E-state index contributed by atoms with van der Waals surface area (Å²) in [6.45, 7) is 1.62. The van der Waals surface area contributed by atoms with E-state index in [4.69, 9.17) is 55.6 Å². The van der Waals surface area contributed by atoms with Gasteiger partial charge in [-0.3, -0.25) is 4.79 Å². The highest BCUT2D eigenvalue weighted by atomic mass is 35.5. The third-order valence-corrected chi connectivity index (χ3v) is 5.66. The molecule has 0 saturated carbocycles. The molecule has 158 valence electrons. The van der Waals surface area contributed by atoms with Gasteiger partial charge in [0.05, 0.1) is 15.1 Å². The van der Waals surface area contributed by atoms with Crippen molar-refractivity contribution in [3.05, 3.63) is 74.7 Å². The van der Waals surface area contributed by atoms with E-state index in [1.54, 1.807) is 61.5 Å². The predicted molar refractivity (Wildman–Crippen MR) is 125 cm³/mol. The van der Waals surface area contributed by atoms with Crippen LogP contribution in [0.15, 0.2) is 59.0 Å². The number of nitrogens with one attached hydrogen (secondary N) is 1. The lowest BCUT2D eigenvalue weighted by atomic mass is 10.2. The molecule has 0 fully saturated rings. The second-order valence-corrected chi connectivity index (χ2v) is 8.31. The van der Waals surface area contributed by atoms with Crippen molar-refractivity contribution in [1.29, 1.82) is 0 Å². The Kier molecular flexibility index (Phi) is 6.30. The van der Waals surface area contributed by atoms with Gasteiger partial charge >= 0.3 is 0 Å². The van der Waals surface area contributed by atoms with Gasteiger partial charge in [0.1, 0.15) is 11.3 Å². The van der Waals surface area contributed by atoms with Crippen molar-refractivity contribution < 1.29 is 13.9 Å². The zero-order chi connectivity index (χ0) is 22.1. The quantitative estimate of drug-likeness (QED) is 0.311. The highest BCUT2D eigenvalue weighted by molar-refractivity contribution is 6.42. The van der Waals surface area contributed by atoms with Crippen molar-refractivity contribution in [3.8, 4) is 17.2 Å². The molecule has 1 atom stereocenters. The molecule has 5 nitrogen and oxygen atoms in total. The molecule has 3 aromatic carbocycles. The van der Waals surface area contributed by atoms with E-state index in [0.717, 1.165) is 0 Å². The summed E-state index contributed by atoms with van der Waals surface area (Å²) in [6, 6.07) is 15.1. The number of halogens is 4. The first-order valence-corrected chi connectivity index (χ1v) is 10.6. The Morgan fingerprint density at radius 1 is 0.968 bits per heavy atom. The Morgan fingerprint density at radius 3 is 2.52 bits per heavy atom. The van der Waals surface area contributed by atoms with Gasteiger partial charge in [-0.2, -0.15) is 0 Å². The third kappa shape index (κ3) is 4.91. The number of anilines is 1. The summed E-state index contributed by atoms with van der Waals surface area (Å²) in [5, 5.41) is 4.46. The largest absolute Gasteiger partial charge is 0.479 e. The molecule has 0 aliphatic rings. The Labute approximate surface area is 197 Å². The van der Waals surface area contributed by atoms with Crippen LogP contribution in [0.1, 0.15) is 6.92 Å². The molecule has 0 radical (unpaired) electrons. The lowest BCUT2D eigenvalue weighted by Gasteiger charge is -2.15. The number of ether oxygens (including phenoxy) is 1. The smallest absolute Gasteiger partial charge is 0.265 e. The molecular formula is C22H14Cl4N2O3. The number of aromatic nitrogens is 1. The number of fused-ring (bicyclic) bond motifs is 1. The summed E-state index contributed by atoms with van der Waals surface area (Å²) < 4.78 is 11.4. The van der Waals surface area contributed by atoms with E-state index in [1.165, 1.54) is 0 Å². The molecule has 31 heavy (non-hydrogen) atoms. The van der Waals surface area contributed by atoms with Crippen molar-refractivity contribution >= 4 is 69.1 Å². The average molecular weight is 496 g/mol. The van der Waals surface area contributed by atoms with Crippen LogP contribution in [-0.4, -0.2) is 17.0 Å². The number of amides is 1. The van der Waals surface area contributed by atoms with Crippen molar-refractivity contribution in [2.75, 3.05) is 5.32 Å². The number of hydrogen-bond acceptors (Lipinski definition) is 4. The minimum atomic E-state index is -0.793. The second kappa shape index (κ2) is 8.97. The number of carbonyl (C=O) groups is 1. The zero-order valence-corrected chi connectivity index (χ0v) is 19.0. The normalized spacial score (nSPS) is 12.0. The minimum absolute atomic E-state index is 0.325. The fraction of sp³-hybridized carbons (Fsp3) is 0.0909. The molecule has 4 rings (SSSR count). The third-order valence-electron chi connectivity index (χ3n) is 4.39. The summed E-state index contributed by atoms with van der Waals surface area (Å²) in [5.74, 6) is 0.414. The van der Waals surface area contributed by atoms with E-state index in [0.29, 0.717) is 54.1 Å². The van der Waals surface area contributed by atoms with Crippen LogP contribution >= 0.6 is 46.4 Å². The van der Waals surface area contributed by atoms with Gasteiger partial charge in [0.15, 0.2) is 11.7 Å². The SMILES string of the molecule is CC(Oc1ccc(Cl)cc1Cl)C(=O)Nc1ccc2oc(-c3ccc(Cl)c(Cl)c3)nc2c1. The van der Waals surface area contributed by atoms with Crippen LogP contribution in [0, 0.1) is 0 Å². The van der Waals surface area contributed by atoms with E-state index in [1.807, 2.05) is 0 Å². The Bertz CT molecular complexity index is 1290. The van der Waals surface area contributed by atoms with Crippen molar-refractivity contribution in [2.24, 2.45) is 0 Å². The number of rotatable bonds is 5. The number of hydrogen-bond donors (Lipinski definition) is 1. The molecule has 9 heteroatoms. The topological polar surface area (TPSA) is 64.4 Å². The molecule has 0 aliphatic carbocycles. The molecule has 0 aliphatic heterocycles. The number of nitrogens with zero attached hydrogens (tertiary/aromatic N) is 1. The monoisotopic (exact) mass is 494 g/mol. The molecule has 0 spiro atoms. The second-order valence-electron chi connectivity index (χ2n) is 6.65. The molecule has 0 bridgehead atoms. The molecule has 1 N–H and O–H groups in total. The maximum atomic E-state index is 12.6. The van der Waals surface area contributed by atoms with E-state index in [2.05, 4.69) is 10.3 Å². The van der Waals surface area contributed by atoms with Crippen LogP contribution in [0.5, 0.6) is 5.75 Å². The first-order chi connectivity index (χ1) is 14.8. The maximum Gasteiger partial charge on any atom is 0.265 e. The number of oxazole rings is 1. The standard InChI is InChI=1S/C22H14Cl4N2O3/c1-11(30-19-6-3-13(23)9-17(19)26)21(29)27-14-4-7-20-18(10-14)28-22(31-20)12-2-5-15(24)16(25)8-12/h2-11H,1H3,(H,27,29). The van der Waals surface area contributed by atoms with Gasteiger partial charge in [-0.1, -0.05) is 46.4 Å². The first-order valence-electron chi connectivity index (χ1n) is 9.09. The predicted octanol–water partition coefficient (Wildman–Crippen LogP) is 7.51. The Hall–Kier alpha value is -2.44. The molecule has 0 saturated heterocycles. The lowest BCUT2D eigenvalue weighted by molar-refractivity contribution is -0.122. The molecular weight excluding hydrogens is 482 g/mol. The van der Waals surface area contributed by atoms with E-state index < -0.39 is 6.10 Å². The molecule has 1 heterocycles. The molecule has 1 aromatic heterocycles. The van der Waals surface area contributed by atoms with Crippen molar-refractivity contribution in [1.82, 2.24) is 4.98 Å². The maximum absolute atomic E-state index is 12.6. The van der Waals surface area contributed by atoms with Gasteiger partial charge in [-0.05, 0) is 61.5 Å². The number of benzene rings is 3. The summed E-state index contributed by atoms with van der Waals surface area (Å²) in [4.78, 5) is 17.0.